The molecule has 0 saturated heterocycles. The highest BCUT2D eigenvalue weighted by atomic mass is 16.6. The molecule has 4 rings (SSSR count). The summed E-state index contributed by atoms with van der Waals surface area (Å²) in [6, 6.07) is 0. The zero-order valence-corrected chi connectivity index (χ0v) is 12.7. The van der Waals surface area contributed by atoms with Gasteiger partial charge in [-0.05, 0) is 57.8 Å². The van der Waals surface area contributed by atoms with Gasteiger partial charge in [-0.1, -0.05) is 6.92 Å². The van der Waals surface area contributed by atoms with Crippen molar-refractivity contribution in [2.75, 3.05) is 0 Å². The number of hydrogen-bond donors (Lipinski definition) is 2. The van der Waals surface area contributed by atoms with E-state index in [1.54, 1.807) is 0 Å². The summed E-state index contributed by atoms with van der Waals surface area (Å²) in [5.74, 6) is -0.00221. The number of carbonyl (C=O) groups excluding carboxylic acids is 1. The molecule has 2 unspecified atom stereocenters. The summed E-state index contributed by atoms with van der Waals surface area (Å²) in [5.41, 5.74) is -1.75. The quantitative estimate of drug-likeness (QED) is 0.777. The lowest BCUT2D eigenvalue weighted by Crippen LogP contribution is -2.65. The van der Waals surface area contributed by atoms with Gasteiger partial charge in [-0.15, -0.1) is 0 Å². The van der Waals surface area contributed by atoms with E-state index in [-0.39, 0.29) is 23.9 Å². The highest BCUT2D eigenvalue weighted by Crippen LogP contribution is 2.59. The molecule has 0 aliphatic heterocycles. The molecule has 4 saturated carbocycles. The fourth-order valence-corrected chi connectivity index (χ4v) is 4.60. The van der Waals surface area contributed by atoms with Crippen LogP contribution in [0.5, 0.6) is 0 Å². The summed E-state index contributed by atoms with van der Waals surface area (Å²) in [6.07, 6.45) is 3.67. The van der Waals surface area contributed by atoms with Gasteiger partial charge < -0.3 is 14.9 Å². The largest absolute Gasteiger partial charge is 0.459 e. The van der Waals surface area contributed by atoms with E-state index in [4.69, 9.17) is 4.74 Å². The Morgan fingerprint density at radius 1 is 1.25 bits per heavy atom. The van der Waals surface area contributed by atoms with Crippen molar-refractivity contribution in [3.05, 3.63) is 0 Å². The molecular weight excluding hydrogens is 256 g/mol. The first-order valence-corrected chi connectivity index (χ1v) is 7.83. The minimum Gasteiger partial charge on any atom is -0.459 e. The molecule has 4 fully saturated rings. The average Bonchev–Trinajstić information content (AvgIpc) is 2.33. The van der Waals surface area contributed by atoms with E-state index >= 15 is 0 Å². The van der Waals surface area contributed by atoms with Gasteiger partial charge in [0.2, 0.25) is 0 Å². The Bertz CT molecular complexity index is 412. The van der Waals surface area contributed by atoms with Gasteiger partial charge in [-0.25, -0.2) is 0 Å². The van der Waals surface area contributed by atoms with Crippen molar-refractivity contribution in [3.8, 4) is 0 Å². The molecule has 0 spiro atoms. The van der Waals surface area contributed by atoms with Gasteiger partial charge in [-0.3, -0.25) is 4.79 Å². The fourth-order valence-electron chi connectivity index (χ4n) is 4.60. The molecule has 4 aliphatic rings. The summed E-state index contributed by atoms with van der Waals surface area (Å²) in [7, 11) is 0. The van der Waals surface area contributed by atoms with E-state index in [1.165, 1.54) is 0 Å². The number of ether oxygens (including phenoxy) is 1. The second-order valence-electron chi connectivity index (χ2n) is 8.04. The molecule has 4 aliphatic carbocycles. The van der Waals surface area contributed by atoms with Crippen molar-refractivity contribution in [1.29, 1.82) is 0 Å². The van der Waals surface area contributed by atoms with Crippen LogP contribution in [0.3, 0.4) is 0 Å². The highest BCUT2D eigenvalue weighted by molar-refractivity contribution is 5.76. The predicted octanol–water partition coefficient (Wildman–Crippen LogP) is 2.02. The van der Waals surface area contributed by atoms with Gasteiger partial charge >= 0.3 is 5.97 Å². The molecule has 0 heterocycles. The van der Waals surface area contributed by atoms with Crippen LogP contribution in [0.4, 0.5) is 0 Å². The van der Waals surface area contributed by atoms with Crippen LogP contribution < -0.4 is 0 Å². The minimum atomic E-state index is -0.734. The fraction of sp³-hybridized carbons (Fsp3) is 0.938. The third-order valence-electron chi connectivity index (χ3n) is 5.92. The van der Waals surface area contributed by atoms with Gasteiger partial charge in [0.25, 0.3) is 0 Å². The summed E-state index contributed by atoms with van der Waals surface area (Å²) >= 11 is 0. The third-order valence-corrected chi connectivity index (χ3v) is 5.92. The maximum Gasteiger partial charge on any atom is 0.312 e. The van der Waals surface area contributed by atoms with Crippen molar-refractivity contribution in [2.24, 2.45) is 17.3 Å². The Balaban J connectivity index is 1.82. The van der Waals surface area contributed by atoms with Crippen LogP contribution in [0.1, 0.15) is 59.3 Å². The molecule has 0 amide bonds. The summed E-state index contributed by atoms with van der Waals surface area (Å²) in [4.78, 5) is 12.4. The standard InChI is InChI=1S/C16H26O4/c1-4-14(2,3)13(18)20-16-7-10-5-15(19,9-16)6-11(8-16)12(10)17/h10-12,17,19H,4-9H2,1-3H3. The number of aliphatic hydroxyl groups excluding tert-OH is 1. The van der Waals surface area contributed by atoms with E-state index in [0.29, 0.717) is 32.1 Å². The number of aliphatic hydroxyl groups is 2. The molecule has 2 atom stereocenters. The van der Waals surface area contributed by atoms with Crippen LogP contribution in [0, 0.1) is 17.3 Å². The number of hydrogen-bond acceptors (Lipinski definition) is 4. The zero-order chi connectivity index (χ0) is 14.8. The molecule has 4 nitrogen and oxygen atoms in total. The van der Waals surface area contributed by atoms with Gasteiger partial charge in [0, 0.05) is 6.42 Å². The number of esters is 1. The highest BCUT2D eigenvalue weighted by Gasteiger charge is 2.62. The average molecular weight is 282 g/mol. The second kappa shape index (κ2) is 4.20. The van der Waals surface area contributed by atoms with Crippen LogP contribution in [0.25, 0.3) is 0 Å². The molecule has 0 aromatic carbocycles. The zero-order valence-electron chi connectivity index (χ0n) is 12.7. The summed E-state index contributed by atoms with van der Waals surface area (Å²) in [6.45, 7) is 5.79. The van der Waals surface area contributed by atoms with Crippen molar-refractivity contribution in [3.63, 3.8) is 0 Å². The molecular formula is C16H26O4. The minimum absolute atomic E-state index is 0.0822. The second-order valence-corrected chi connectivity index (χ2v) is 8.04. The number of rotatable bonds is 3. The Morgan fingerprint density at radius 2 is 1.80 bits per heavy atom. The van der Waals surface area contributed by atoms with Crippen LogP contribution >= 0.6 is 0 Å². The summed E-state index contributed by atoms with van der Waals surface area (Å²) < 4.78 is 5.91. The Morgan fingerprint density at radius 3 is 2.30 bits per heavy atom. The predicted molar refractivity (Wildman–Crippen MR) is 73.9 cm³/mol. The monoisotopic (exact) mass is 282 g/mol. The van der Waals surface area contributed by atoms with E-state index in [9.17, 15) is 15.0 Å². The molecule has 0 radical (unpaired) electrons. The topological polar surface area (TPSA) is 66.8 Å². The number of carbonyl (C=O) groups is 1. The maximum atomic E-state index is 12.4. The van der Waals surface area contributed by atoms with Crippen molar-refractivity contribution < 1.29 is 19.7 Å². The van der Waals surface area contributed by atoms with E-state index in [0.717, 1.165) is 6.42 Å². The van der Waals surface area contributed by atoms with Crippen molar-refractivity contribution in [1.82, 2.24) is 0 Å². The van der Waals surface area contributed by atoms with Crippen molar-refractivity contribution in [2.45, 2.75) is 76.6 Å². The van der Waals surface area contributed by atoms with Crippen LogP contribution in [0.2, 0.25) is 0 Å². The smallest absolute Gasteiger partial charge is 0.312 e. The lowest BCUT2D eigenvalue weighted by molar-refractivity contribution is -0.249. The lowest BCUT2D eigenvalue weighted by Gasteiger charge is -2.61. The summed E-state index contributed by atoms with van der Waals surface area (Å²) in [5, 5.41) is 20.9. The van der Waals surface area contributed by atoms with Gasteiger partial charge in [0.05, 0.1) is 17.1 Å². The Kier molecular flexibility index (Phi) is 3.01. The van der Waals surface area contributed by atoms with Gasteiger partial charge in [-0.2, -0.15) is 0 Å². The first-order chi connectivity index (χ1) is 9.19. The molecule has 4 heteroatoms. The molecule has 4 bridgehead atoms. The SMILES string of the molecule is CCC(C)(C)C(=O)OC12CC3CC(O)(CC(C1)C3O)C2. The van der Waals surface area contributed by atoms with E-state index in [1.807, 2.05) is 20.8 Å². The third kappa shape index (κ3) is 2.08. The van der Waals surface area contributed by atoms with Crippen LogP contribution in [-0.2, 0) is 9.53 Å². The van der Waals surface area contributed by atoms with E-state index < -0.39 is 16.6 Å². The molecule has 114 valence electrons. The first kappa shape index (κ1) is 14.3. The van der Waals surface area contributed by atoms with Crippen LogP contribution in [-0.4, -0.2) is 33.5 Å². The van der Waals surface area contributed by atoms with Gasteiger partial charge in [0.1, 0.15) is 5.60 Å². The van der Waals surface area contributed by atoms with Crippen molar-refractivity contribution >= 4 is 5.97 Å². The van der Waals surface area contributed by atoms with E-state index in [2.05, 4.69) is 0 Å². The Labute approximate surface area is 120 Å². The molecule has 0 aromatic heterocycles. The first-order valence-electron chi connectivity index (χ1n) is 7.83. The van der Waals surface area contributed by atoms with Crippen LogP contribution in [0.15, 0.2) is 0 Å². The Hall–Kier alpha value is -0.610. The lowest BCUT2D eigenvalue weighted by atomic mass is 9.51. The normalized spacial score (nSPS) is 46.5. The van der Waals surface area contributed by atoms with Gasteiger partial charge in [0.15, 0.2) is 0 Å². The molecule has 2 N–H and O–H groups in total. The molecule has 0 aromatic rings. The molecule has 20 heavy (non-hydrogen) atoms. The maximum absolute atomic E-state index is 12.4.